The molecule has 0 aliphatic heterocycles. The van der Waals surface area contributed by atoms with Crippen LogP contribution in [0.15, 0.2) is 72.9 Å². The summed E-state index contributed by atoms with van der Waals surface area (Å²) in [5, 5.41) is 23.9. The number of aliphatic hydroxyl groups excluding tert-OH is 2. The van der Waals surface area contributed by atoms with Gasteiger partial charge in [0.2, 0.25) is 5.91 Å². The summed E-state index contributed by atoms with van der Waals surface area (Å²) in [5.74, 6) is -0.541. The van der Waals surface area contributed by atoms with Crippen molar-refractivity contribution in [1.29, 1.82) is 0 Å². The highest BCUT2D eigenvalue weighted by Crippen LogP contribution is 2.18. The predicted octanol–water partition coefficient (Wildman–Crippen LogP) is 17.7. The van der Waals surface area contributed by atoms with E-state index >= 15 is 0 Å². The number of nitrogens with one attached hydrogen (secondary N) is 1. The van der Waals surface area contributed by atoms with E-state index < -0.39 is 18.2 Å². The first kappa shape index (κ1) is 64.3. The smallest absolute Gasteiger partial charge is 0.306 e. The molecule has 0 aliphatic rings. The first-order valence-electron chi connectivity index (χ1n) is 28.7. The van der Waals surface area contributed by atoms with Gasteiger partial charge in [0.15, 0.2) is 0 Å². The fourth-order valence-corrected chi connectivity index (χ4v) is 8.65. The van der Waals surface area contributed by atoms with Crippen LogP contribution in [0.5, 0.6) is 0 Å². The van der Waals surface area contributed by atoms with Gasteiger partial charge in [-0.25, -0.2) is 0 Å². The zero-order valence-electron chi connectivity index (χ0n) is 44.3. The average molecular weight is 937 g/mol. The van der Waals surface area contributed by atoms with Crippen molar-refractivity contribution >= 4 is 11.9 Å². The van der Waals surface area contributed by atoms with Crippen molar-refractivity contribution in [1.82, 2.24) is 5.32 Å². The molecule has 0 fully saturated rings. The van der Waals surface area contributed by atoms with Gasteiger partial charge in [-0.15, -0.1) is 0 Å². The molecule has 0 aromatic rings. The first-order valence-corrected chi connectivity index (χ1v) is 28.7. The molecule has 6 nitrogen and oxygen atoms in total. The molecule has 0 rings (SSSR count). The molecule has 0 heterocycles. The number of esters is 1. The predicted molar refractivity (Wildman–Crippen MR) is 291 cm³/mol. The van der Waals surface area contributed by atoms with Gasteiger partial charge in [-0.1, -0.05) is 299 Å². The van der Waals surface area contributed by atoms with Crippen LogP contribution in [0.1, 0.15) is 278 Å². The number of amides is 1. The second-order valence-electron chi connectivity index (χ2n) is 19.5. The van der Waals surface area contributed by atoms with E-state index in [2.05, 4.69) is 38.2 Å². The number of ether oxygens (including phenoxy) is 1. The third-order valence-electron chi connectivity index (χ3n) is 13.0. The van der Waals surface area contributed by atoms with Crippen molar-refractivity contribution < 1.29 is 24.5 Å². The molecular weight excluding hydrogens is 827 g/mol. The van der Waals surface area contributed by atoms with E-state index in [1.165, 1.54) is 173 Å². The first-order chi connectivity index (χ1) is 33.0. The molecule has 1 amide bonds. The third kappa shape index (κ3) is 49.5. The Hall–Kier alpha value is -2.70. The fraction of sp³-hybridized carbons (Fsp3) is 0.770. The van der Waals surface area contributed by atoms with E-state index in [0.29, 0.717) is 19.3 Å². The van der Waals surface area contributed by atoms with Gasteiger partial charge in [0.05, 0.1) is 25.2 Å². The Labute approximate surface area is 415 Å². The van der Waals surface area contributed by atoms with Crippen LogP contribution in [0.4, 0.5) is 0 Å². The summed E-state index contributed by atoms with van der Waals surface area (Å²) in [6.45, 7) is 6.35. The van der Waals surface area contributed by atoms with E-state index in [4.69, 9.17) is 4.74 Å². The number of rotatable bonds is 51. The van der Waals surface area contributed by atoms with Crippen LogP contribution in [-0.2, 0) is 14.3 Å². The lowest BCUT2D eigenvalue weighted by Gasteiger charge is -2.24. The minimum atomic E-state index is -0.810. The summed E-state index contributed by atoms with van der Waals surface area (Å²) < 4.78 is 5.92. The van der Waals surface area contributed by atoms with E-state index in [1.807, 2.05) is 60.8 Å². The van der Waals surface area contributed by atoms with Crippen molar-refractivity contribution in [2.24, 2.45) is 0 Å². The van der Waals surface area contributed by atoms with E-state index in [9.17, 15) is 19.8 Å². The third-order valence-corrected chi connectivity index (χ3v) is 13.0. The Kier molecular flexibility index (Phi) is 52.1. The molecule has 6 heteroatoms. The van der Waals surface area contributed by atoms with Crippen LogP contribution >= 0.6 is 0 Å². The Morgan fingerprint density at radius 1 is 0.448 bits per heavy atom. The number of hydrogen-bond donors (Lipinski definition) is 3. The van der Waals surface area contributed by atoms with Crippen LogP contribution in [-0.4, -0.2) is 46.9 Å². The second-order valence-corrected chi connectivity index (χ2v) is 19.5. The van der Waals surface area contributed by atoms with Crippen molar-refractivity contribution in [2.75, 3.05) is 6.61 Å². The highest BCUT2D eigenvalue weighted by atomic mass is 16.5. The standard InChI is InChI=1S/C61H109NO5/c1-4-7-10-13-16-19-22-25-28-30-33-36-39-42-45-48-51-54-61(66)67-57(52-49-46-43-40-37-34-31-27-24-21-18-15-12-9-6-3)55-60(65)62-58(56-63)59(64)53-50-47-44-41-38-35-32-29-26-23-20-17-14-11-8-5-2/h9,12,15,18,21,24,27,31,34,37,40,43,57-59,63-64H,4-8,10-11,13-14,16-17,19-20,22-23,25-26,28-30,32-33,35-36,38-39,41-42,44-56H2,1-3H3,(H,62,65)/b12-9-,18-15+,24-21+,31-27-,37-34+,43-40+. The summed E-state index contributed by atoms with van der Waals surface area (Å²) in [7, 11) is 0. The summed E-state index contributed by atoms with van der Waals surface area (Å²) in [4.78, 5) is 26.2. The molecule has 0 saturated heterocycles. The Morgan fingerprint density at radius 2 is 0.806 bits per heavy atom. The molecule has 3 unspecified atom stereocenters. The molecule has 0 spiro atoms. The molecule has 3 N–H and O–H groups in total. The van der Waals surface area contributed by atoms with Crippen LogP contribution in [0.25, 0.3) is 0 Å². The molecular formula is C61H109NO5. The molecule has 0 aromatic heterocycles. The molecule has 0 saturated carbocycles. The number of allylic oxidation sites excluding steroid dienone is 12. The van der Waals surface area contributed by atoms with E-state index in [0.717, 1.165) is 57.8 Å². The number of carbonyl (C=O) groups excluding carboxylic acids is 2. The van der Waals surface area contributed by atoms with Crippen LogP contribution in [0.3, 0.4) is 0 Å². The van der Waals surface area contributed by atoms with Crippen LogP contribution < -0.4 is 5.32 Å². The van der Waals surface area contributed by atoms with Gasteiger partial charge in [-0.3, -0.25) is 9.59 Å². The zero-order valence-corrected chi connectivity index (χ0v) is 44.3. The lowest BCUT2D eigenvalue weighted by molar-refractivity contribution is -0.151. The van der Waals surface area contributed by atoms with Gasteiger partial charge in [0, 0.05) is 6.42 Å². The highest BCUT2D eigenvalue weighted by Gasteiger charge is 2.24. The average Bonchev–Trinajstić information content (AvgIpc) is 3.32. The Morgan fingerprint density at radius 3 is 1.19 bits per heavy atom. The quantitative estimate of drug-likeness (QED) is 0.0321. The second kappa shape index (κ2) is 54.2. The topological polar surface area (TPSA) is 95.9 Å². The summed E-state index contributed by atoms with van der Waals surface area (Å²) in [6, 6.07) is -0.728. The maximum absolute atomic E-state index is 13.3. The fourth-order valence-electron chi connectivity index (χ4n) is 8.65. The largest absolute Gasteiger partial charge is 0.462 e. The van der Waals surface area contributed by atoms with Gasteiger partial charge in [-0.2, -0.15) is 0 Å². The molecule has 3 atom stereocenters. The lowest BCUT2D eigenvalue weighted by Crippen LogP contribution is -2.46. The van der Waals surface area contributed by atoms with Crippen LogP contribution in [0.2, 0.25) is 0 Å². The molecule has 388 valence electrons. The summed E-state index contributed by atoms with van der Waals surface area (Å²) in [6.07, 6.45) is 69.7. The van der Waals surface area contributed by atoms with Gasteiger partial charge < -0.3 is 20.3 Å². The minimum absolute atomic E-state index is 0.0268. The van der Waals surface area contributed by atoms with Crippen LogP contribution in [0, 0.1) is 0 Å². The van der Waals surface area contributed by atoms with E-state index in [-0.39, 0.29) is 24.9 Å². The van der Waals surface area contributed by atoms with Crippen molar-refractivity contribution in [3.63, 3.8) is 0 Å². The van der Waals surface area contributed by atoms with Gasteiger partial charge >= 0.3 is 5.97 Å². The Bertz CT molecular complexity index is 1230. The normalized spacial score (nSPS) is 13.7. The highest BCUT2D eigenvalue weighted by molar-refractivity contribution is 5.77. The maximum Gasteiger partial charge on any atom is 0.306 e. The summed E-state index contributed by atoms with van der Waals surface area (Å²) in [5.41, 5.74) is 0. The van der Waals surface area contributed by atoms with Crippen molar-refractivity contribution in [3.05, 3.63) is 72.9 Å². The minimum Gasteiger partial charge on any atom is -0.462 e. The zero-order chi connectivity index (χ0) is 48.8. The van der Waals surface area contributed by atoms with Crippen molar-refractivity contribution in [2.45, 2.75) is 296 Å². The van der Waals surface area contributed by atoms with Gasteiger partial charge in [-0.05, 0) is 38.5 Å². The SMILES string of the molecule is CC\C=C/C=C/C=C/C=C\C=C\C=C\CCCC(CC(=O)NC(CO)C(O)CCCCCCCCCCCCCCCCCC)OC(=O)CCCCCCCCCCCCCCCCCCC. The summed E-state index contributed by atoms with van der Waals surface area (Å²) >= 11 is 0. The number of aliphatic hydroxyl groups is 2. The molecule has 0 aliphatic carbocycles. The van der Waals surface area contributed by atoms with Crippen molar-refractivity contribution in [3.8, 4) is 0 Å². The van der Waals surface area contributed by atoms with E-state index in [1.54, 1.807) is 0 Å². The maximum atomic E-state index is 13.3. The lowest BCUT2D eigenvalue weighted by atomic mass is 10.0. The number of carbonyl (C=O) groups is 2. The van der Waals surface area contributed by atoms with Gasteiger partial charge in [0.25, 0.3) is 0 Å². The number of unbranched alkanes of at least 4 members (excludes halogenated alkanes) is 32. The molecule has 67 heavy (non-hydrogen) atoms. The number of hydrogen-bond acceptors (Lipinski definition) is 5. The van der Waals surface area contributed by atoms with Gasteiger partial charge in [0.1, 0.15) is 6.10 Å². The molecule has 0 bridgehead atoms. The monoisotopic (exact) mass is 936 g/mol. The molecule has 0 radical (unpaired) electrons. The molecule has 0 aromatic carbocycles. The Balaban J connectivity index is 4.63.